The standard InChI is InChI=1S/C15H17NO4/c1-15(19,8-17)12-7-10-13(18)9-5-3-4-6-11(9)16(2)14(10)20-12/h3-6,12,17,19H,7-8H2,1-2H3/t12-,15?/m1/s1. The fourth-order valence-corrected chi connectivity index (χ4v) is 2.67. The van der Waals surface area contributed by atoms with E-state index in [9.17, 15) is 15.0 Å². The number of aliphatic hydroxyl groups is 2. The first-order valence-electron chi connectivity index (χ1n) is 6.56. The highest BCUT2D eigenvalue weighted by atomic mass is 16.5. The van der Waals surface area contributed by atoms with E-state index in [1.165, 1.54) is 6.92 Å². The second-order valence-electron chi connectivity index (χ2n) is 5.51. The minimum Gasteiger partial charge on any atom is -0.472 e. The van der Waals surface area contributed by atoms with Gasteiger partial charge in [-0.1, -0.05) is 12.1 Å². The van der Waals surface area contributed by atoms with Crippen LogP contribution in [0.4, 0.5) is 0 Å². The summed E-state index contributed by atoms with van der Waals surface area (Å²) in [4.78, 5) is 12.5. The summed E-state index contributed by atoms with van der Waals surface area (Å²) in [5, 5.41) is 20.0. The summed E-state index contributed by atoms with van der Waals surface area (Å²) in [5.74, 6) is 0.479. The van der Waals surface area contributed by atoms with Crippen LogP contribution < -0.4 is 10.2 Å². The number of para-hydroxylation sites is 1. The zero-order chi connectivity index (χ0) is 14.5. The average Bonchev–Trinajstić information content (AvgIpc) is 2.91. The monoisotopic (exact) mass is 275 g/mol. The average molecular weight is 275 g/mol. The number of fused-ring (bicyclic) bond motifs is 2. The highest BCUT2D eigenvalue weighted by Gasteiger charge is 2.40. The van der Waals surface area contributed by atoms with Gasteiger partial charge in [-0.05, 0) is 19.1 Å². The van der Waals surface area contributed by atoms with Crippen molar-refractivity contribution in [2.24, 2.45) is 7.05 Å². The summed E-state index contributed by atoms with van der Waals surface area (Å²) in [6.45, 7) is 1.09. The quantitative estimate of drug-likeness (QED) is 0.841. The zero-order valence-corrected chi connectivity index (χ0v) is 11.5. The molecule has 1 aliphatic rings. The van der Waals surface area contributed by atoms with Crippen molar-refractivity contribution in [3.63, 3.8) is 0 Å². The molecule has 1 aromatic heterocycles. The van der Waals surface area contributed by atoms with E-state index in [1.807, 2.05) is 29.8 Å². The predicted octanol–water partition coefficient (Wildman–Crippen LogP) is 0.585. The number of benzene rings is 1. The van der Waals surface area contributed by atoms with E-state index in [1.54, 1.807) is 6.07 Å². The maximum atomic E-state index is 12.5. The Morgan fingerprint density at radius 3 is 2.85 bits per heavy atom. The Kier molecular flexibility index (Phi) is 2.84. The van der Waals surface area contributed by atoms with E-state index in [-0.39, 0.29) is 5.43 Å². The first-order valence-corrected chi connectivity index (χ1v) is 6.56. The van der Waals surface area contributed by atoms with Crippen molar-refractivity contribution < 1.29 is 14.9 Å². The maximum absolute atomic E-state index is 12.5. The Balaban J connectivity index is 2.20. The molecule has 2 heterocycles. The van der Waals surface area contributed by atoms with Crippen LogP contribution in [-0.4, -0.2) is 33.1 Å². The number of hydrogen-bond donors (Lipinski definition) is 2. The van der Waals surface area contributed by atoms with Gasteiger partial charge in [0.05, 0.1) is 17.7 Å². The molecule has 0 saturated carbocycles. The fourth-order valence-electron chi connectivity index (χ4n) is 2.67. The number of aryl methyl sites for hydroxylation is 1. The van der Waals surface area contributed by atoms with Crippen molar-refractivity contribution >= 4 is 10.9 Å². The minimum atomic E-state index is -1.37. The van der Waals surface area contributed by atoms with E-state index in [4.69, 9.17) is 4.74 Å². The number of nitrogens with zero attached hydrogens (tertiary/aromatic N) is 1. The van der Waals surface area contributed by atoms with Gasteiger partial charge in [-0.3, -0.25) is 4.79 Å². The summed E-state index contributed by atoms with van der Waals surface area (Å²) < 4.78 is 7.55. The second kappa shape index (κ2) is 4.33. The number of rotatable bonds is 2. The van der Waals surface area contributed by atoms with Crippen LogP contribution >= 0.6 is 0 Å². The van der Waals surface area contributed by atoms with Gasteiger partial charge in [-0.15, -0.1) is 0 Å². The van der Waals surface area contributed by atoms with Crippen molar-refractivity contribution in [3.05, 3.63) is 40.1 Å². The molecule has 20 heavy (non-hydrogen) atoms. The van der Waals surface area contributed by atoms with Crippen LogP contribution in [0.25, 0.3) is 10.9 Å². The number of aromatic nitrogens is 1. The molecule has 0 spiro atoms. The maximum Gasteiger partial charge on any atom is 0.201 e. The third-order valence-corrected chi connectivity index (χ3v) is 4.00. The lowest BCUT2D eigenvalue weighted by Crippen LogP contribution is -2.45. The second-order valence-corrected chi connectivity index (χ2v) is 5.51. The molecule has 0 amide bonds. The summed E-state index contributed by atoms with van der Waals surface area (Å²) in [6, 6.07) is 7.34. The van der Waals surface area contributed by atoms with E-state index in [2.05, 4.69) is 0 Å². The molecular formula is C15H17NO4. The number of hydrogen-bond acceptors (Lipinski definition) is 4. The van der Waals surface area contributed by atoms with Crippen LogP contribution in [0.3, 0.4) is 0 Å². The van der Waals surface area contributed by atoms with Crippen molar-refractivity contribution in [1.82, 2.24) is 4.57 Å². The first-order chi connectivity index (χ1) is 9.45. The van der Waals surface area contributed by atoms with E-state index in [0.717, 1.165) is 5.52 Å². The van der Waals surface area contributed by atoms with Gasteiger partial charge in [-0.25, -0.2) is 0 Å². The molecule has 1 unspecified atom stereocenters. The molecule has 0 bridgehead atoms. The third-order valence-electron chi connectivity index (χ3n) is 4.00. The third kappa shape index (κ3) is 1.74. The number of ether oxygens (including phenoxy) is 1. The molecule has 0 fully saturated rings. The van der Waals surface area contributed by atoms with Crippen molar-refractivity contribution in [3.8, 4) is 5.88 Å². The van der Waals surface area contributed by atoms with Gasteiger partial charge >= 0.3 is 0 Å². The molecule has 0 aliphatic carbocycles. The summed E-state index contributed by atoms with van der Waals surface area (Å²) in [5.41, 5.74) is -0.0830. The van der Waals surface area contributed by atoms with Gasteiger partial charge in [0, 0.05) is 18.9 Å². The molecule has 5 nitrogen and oxygen atoms in total. The molecule has 3 rings (SSSR count). The Labute approximate surface area is 116 Å². The summed E-state index contributed by atoms with van der Waals surface area (Å²) in [7, 11) is 1.83. The largest absolute Gasteiger partial charge is 0.472 e. The predicted molar refractivity (Wildman–Crippen MR) is 75.0 cm³/mol. The fraction of sp³-hybridized carbons (Fsp3) is 0.400. The topological polar surface area (TPSA) is 71.7 Å². The highest BCUT2D eigenvalue weighted by molar-refractivity contribution is 5.81. The lowest BCUT2D eigenvalue weighted by molar-refractivity contribution is -0.0744. The smallest absolute Gasteiger partial charge is 0.201 e. The first kappa shape index (κ1) is 13.1. The zero-order valence-electron chi connectivity index (χ0n) is 11.5. The lowest BCUT2D eigenvalue weighted by Gasteiger charge is -2.27. The molecule has 0 radical (unpaired) electrons. The minimum absolute atomic E-state index is 0.0649. The van der Waals surface area contributed by atoms with Crippen LogP contribution in [0, 0.1) is 0 Å². The van der Waals surface area contributed by atoms with Gasteiger partial charge in [-0.2, -0.15) is 0 Å². The number of pyridine rings is 1. The SMILES string of the molecule is Cn1c2c(c(=O)c3ccccc31)C[C@H](C(C)(O)CO)O2. The Morgan fingerprint density at radius 1 is 1.45 bits per heavy atom. The van der Waals surface area contributed by atoms with E-state index < -0.39 is 18.3 Å². The van der Waals surface area contributed by atoms with Crippen LogP contribution in [0.15, 0.2) is 29.1 Å². The van der Waals surface area contributed by atoms with E-state index >= 15 is 0 Å². The van der Waals surface area contributed by atoms with Gasteiger partial charge in [0.2, 0.25) is 5.88 Å². The summed E-state index contributed by atoms with van der Waals surface area (Å²) in [6.07, 6.45) is -0.307. The Hall–Kier alpha value is -1.85. The molecule has 2 aromatic rings. The van der Waals surface area contributed by atoms with Crippen LogP contribution in [-0.2, 0) is 13.5 Å². The van der Waals surface area contributed by atoms with Gasteiger partial charge < -0.3 is 19.5 Å². The molecule has 106 valence electrons. The van der Waals surface area contributed by atoms with Crippen molar-refractivity contribution in [2.75, 3.05) is 6.61 Å². The molecule has 2 N–H and O–H groups in total. The Bertz CT molecular complexity index is 732. The van der Waals surface area contributed by atoms with Crippen LogP contribution in [0.2, 0.25) is 0 Å². The van der Waals surface area contributed by atoms with Crippen molar-refractivity contribution in [1.29, 1.82) is 0 Å². The molecule has 1 aliphatic heterocycles. The highest BCUT2D eigenvalue weighted by Crippen LogP contribution is 2.32. The molecular weight excluding hydrogens is 258 g/mol. The van der Waals surface area contributed by atoms with E-state index in [0.29, 0.717) is 23.3 Å². The van der Waals surface area contributed by atoms with Gasteiger partial charge in [0.15, 0.2) is 5.43 Å². The molecule has 2 atom stereocenters. The van der Waals surface area contributed by atoms with Gasteiger partial charge in [0.1, 0.15) is 11.7 Å². The van der Waals surface area contributed by atoms with Gasteiger partial charge in [0.25, 0.3) is 0 Å². The molecule has 1 aromatic carbocycles. The number of aliphatic hydroxyl groups excluding tert-OH is 1. The molecule has 0 saturated heterocycles. The lowest BCUT2D eigenvalue weighted by atomic mass is 9.96. The summed E-state index contributed by atoms with van der Waals surface area (Å²) >= 11 is 0. The Morgan fingerprint density at radius 2 is 2.15 bits per heavy atom. The van der Waals surface area contributed by atoms with Crippen LogP contribution in [0.1, 0.15) is 12.5 Å². The van der Waals surface area contributed by atoms with Crippen LogP contribution in [0.5, 0.6) is 5.88 Å². The van der Waals surface area contributed by atoms with Crippen molar-refractivity contribution in [2.45, 2.75) is 25.0 Å². The molecule has 5 heteroatoms. The normalized spacial score (nSPS) is 20.5.